The Kier molecular flexibility index (Phi) is 8.10. The molecule has 0 amide bonds. The van der Waals surface area contributed by atoms with E-state index >= 15 is 0 Å². The smallest absolute Gasteiger partial charge is 0.219 e. The molecule has 0 saturated heterocycles. The van der Waals surface area contributed by atoms with E-state index in [0.717, 1.165) is 16.8 Å². The maximum atomic E-state index is 6.15. The van der Waals surface area contributed by atoms with Crippen molar-refractivity contribution in [2.75, 3.05) is 33.9 Å². The lowest BCUT2D eigenvalue weighted by Crippen LogP contribution is -3.00. The summed E-state index contributed by atoms with van der Waals surface area (Å²) in [5, 5.41) is 0. The van der Waals surface area contributed by atoms with Crippen molar-refractivity contribution in [2.24, 2.45) is 0 Å². The summed E-state index contributed by atoms with van der Waals surface area (Å²) in [4.78, 5) is 0. The summed E-state index contributed by atoms with van der Waals surface area (Å²) >= 11 is 0. The molecule has 0 spiro atoms. The topological polar surface area (TPSA) is 18.5 Å². The van der Waals surface area contributed by atoms with Gasteiger partial charge in [0.25, 0.3) is 0 Å². The highest BCUT2D eigenvalue weighted by Gasteiger charge is 2.28. The van der Waals surface area contributed by atoms with E-state index in [-0.39, 0.29) is 18.6 Å². The lowest BCUT2D eigenvalue weighted by atomic mass is 10.1. The lowest BCUT2D eigenvalue weighted by molar-refractivity contribution is -0.943. The van der Waals surface area contributed by atoms with E-state index in [1.54, 1.807) is 0 Å². The van der Waals surface area contributed by atoms with Crippen LogP contribution in [0.1, 0.15) is 18.7 Å². The third-order valence-electron chi connectivity index (χ3n) is 3.91. The third-order valence-corrected chi connectivity index (χ3v) is 3.91. The van der Waals surface area contributed by atoms with Crippen molar-refractivity contribution in [3.8, 4) is 5.75 Å². The first-order chi connectivity index (χ1) is 10.6. The van der Waals surface area contributed by atoms with Gasteiger partial charge in [-0.25, -0.2) is 0 Å². The molecule has 0 aromatic heterocycles. The Labute approximate surface area is 145 Å². The predicted molar refractivity (Wildman–Crippen MR) is 89.7 cm³/mol. The standard InChI is InChI=1S/C19H26NO2.ClH/c1-4-20(2,3)19(17-11-7-5-8-12-17)22-16-15-21-18-13-9-6-10-14-18;/h5-14,19H,4,15-16H2,1-3H3;1H/q+1;/p-1. The van der Waals surface area contributed by atoms with Gasteiger partial charge in [0, 0.05) is 5.56 Å². The van der Waals surface area contributed by atoms with E-state index in [1.807, 2.05) is 36.4 Å². The molecule has 0 radical (unpaired) electrons. The normalized spacial score (nSPS) is 12.3. The van der Waals surface area contributed by atoms with Crippen LogP contribution in [0.4, 0.5) is 0 Å². The van der Waals surface area contributed by atoms with Crippen LogP contribution in [-0.2, 0) is 4.74 Å². The molecule has 0 heterocycles. The van der Waals surface area contributed by atoms with Gasteiger partial charge in [0.1, 0.15) is 12.4 Å². The zero-order chi connectivity index (χ0) is 15.8. The number of rotatable bonds is 8. The molecule has 0 aliphatic heterocycles. The zero-order valence-electron chi connectivity index (χ0n) is 14.1. The minimum Gasteiger partial charge on any atom is -1.00 e. The Hall–Kier alpha value is -1.55. The van der Waals surface area contributed by atoms with Crippen LogP contribution in [0.15, 0.2) is 60.7 Å². The van der Waals surface area contributed by atoms with Gasteiger partial charge in [-0.3, -0.25) is 4.48 Å². The predicted octanol–water partition coefficient (Wildman–Crippen LogP) is 0.881. The first-order valence-electron chi connectivity index (χ1n) is 7.80. The summed E-state index contributed by atoms with van der Waals surface area (Å²) in [7, 11) is 4.38. The Balaban J connectivity index is 0.00000264. The molecular formula is C19H26ClNO2. The number of hydrogen-bond donors (Lipinski definition) is 0. The van der Waals surface area contributed by atoms with Crippen molar-refractivity contribution in [3.63, 3.8) is 0 Å². The van der Waals surface area contributed by atoms with Crippen LogP contribution in [0.5, 0.6) is 5.75 Å². The highest BCUT2D eigenvalue weighted by atomic mass is 35.5. The second-order valence-electron chi connectivity index (χ2n) is 5.89. The molecule has 1 unspecified atom stereocenters. The average molecular weight is 336 g/mol. The number of quaternary nitrogens is 1. The Morgan fingerprint density at radius 2 is 1.43 bits per heavy atom. The maximum absolute atomic E-state index is 6.15. The summed E-state index contributed by atoms with van der Waals surface area (Å²) in [6.45, 7) is 4.30. The minimum absolute atomic E-state index is 0. The fourth-order valence-electron chi connectivity index (χ4n) is 2.32. The van der Waals surface area contributed by atoms with Crippen LogP contribution in [0.3, 0.4) is 0 Å². The van der Waals surface area contributed by atoms with E-state index in [1.165, 1.54) is 5.56 Å². The van der Waals surface area contributed by atoms with Gasteiger partial charge in [-0.2, -0.15) is 0 Å². The first-order valence-corrected chi connectivity index (χ1v) is 7.80. The molecule has 3 nitrogen and oxygen atoms in total. The van der Waals surface area contributed by atoms with Gasteiger partial charge in [-0.15, -0.1) is 0 Å². The highest BCUT2D eigenvalue weighted by molar-refractivity contribution is 5.20. The van der Waals surface area contributed by atoms with Gasteiger partial charge in [-0.05, 0) is 19.1 Å². The van der Waals surface area contributed by atoms with Crippen molar-refractivity contribution in [1.82, 2.24) is 0 Å². The molecule has 2 aromatic carbocycles. The van der Waals surface area contributed by atoms with Crippen molar-refractivity contribution >= 4 is 0 Å². The maximum Gasteiger partial charge on any atom is 0.219 e. The summed E-state index contributed by atoms with van der Waals surface area (Å²) < 4.78 is 12.6. The summed E-state index contributed by atoms with van der Waals surface area (Å²) in [6.07, 6.45) is 0.0190. The van der Waals surface area contributed by atoms with Gasteiger partial charge >= 0.3 is 0 Å². The van der Waals surface area contributed by atoms with Crippen LogP contribution < -0.4 is 17.1 Å². The van der Waals surface area contributed by atoms with E-state index < -0.39 is 0 Å². The molecule has 126 valence electrons. The number of para-hydroxylation sites is 1. The molecule has 0 bridgehead atoms. The minimum atomic E-state index is 0. The molecule has 1 atom stereocenters. The molecule has 0 aliphatic rings. The molecule has 0 N–H and O–H groups in total. The lowest BCUT2D eigenvalue weighted by Gasteiger charge is -2.36. The summed E-state index contributed by atoms with van der Waals surface area (Å²) in [5.74, 6) is 0.881. The molecule has 0 fully saturated rings. The van der Waals surface area contributed by atoms with Crippen LogP contribution in [-0.4, -0.2) is 38.3 Å². The zero-order valence-corrected chi connectivity index (χ0v) is 14.9. The van der Waals surface area contributed by atoms with Crippen molar-refractivity contribution in [1.29, 1.82) is 0 Å². The van der Waals surface area contributed by atoms with Crippen molar-refractivity contribution in [3.05, 3.63) is 66.2 Å². The summed E-state index contributed by atoms with van der Waals surface area (Å²) in [6, 6.07) is 20.2. The molecular weight excluding hydrogens is 310 g/mol. The number of nitrogens with zero attached hydrogens (tertiary/aromatic N) is 1. The van der Waals surface area contributed by atoms with E-state index in [4.69, 9.17) is 9.47 Å². The van der Waals surface area contributed by atoms with Gasteiger partial charge in [0.15, 0.2) is 0 Å². The summed E-state index contributed by atoms with van der Waals surface area (Å²) in [5.41, 5.74) is 1.20. The van der Waals surface area contributed by atoms with Crippen LogP contribution in [0.2, 0.25) is 0 Å². The van der Waals surface area contributed by atoms with Gasteiger partial charge in [0.05, 0.1) is 27.2 Å². The monoisotopic (exact) mass is 335 g/mol. The SMILES string of the molecule is CC[N+](C)(C)C(OCCOc1ccccc1)c1ccccc1.[Cl-]. The van der Waals surface area contributed by atoms with Crippen LogP contribution in [0, 0.1) is 0 Å². The highest BCUT2D eigenvalue weighted by Crippen LogP contribution is 2.26. The molecule has 2 rings (SSSR count). The third kappa shape index (κ3) is 5.87. The van der Waals surface area contributed by atoms with Crippen molar-refractivity contribution in [2.45, 2.75) is 13.2 Å². The average Bonchev–Trinajstić information content (AvgIpc) is 2.56. The largest absolute Gasteiger partial charge is 1.00 e. The molecule has 0 aliphatic carbocycles. The second kappa shape index (κ2) is 9.56. The van der Waals surface area contributed by atoms with Crippen molar-refractivity contribution < 1.29 is 26.4 Å². The van der Waals surface area contributed by atoms with Crippen LogP contribution in [0.25, 0.3) is 0 Å². The van der Waals surface area contributed by atoms with E-state index in [0.29, 0.717) is 13.2 Å². The molecule has 4 heteroatoms. The number of benzene rings is 2. The fourth-order valence-corrected chi connectivity index (χ4v) is 2.32. The number of halogens is 1. The van der Waals surface area contributed by atoms with E-state index in [2.05, 4.69) is 45.3 Å². The van der Waals surface area contributed by atoms with Gasteiger partial charge in [-0.1, -0.05) is 48.5 Å². The fraction of sp³-hybridized carbons (Fsp3) is 0.368. The van der Waals surface area contributed by atoms with Gasteiger partial charge in [0.2, 0.25) is 6.23 Å². The first kappa shape index (κ1) is 19.5. The van der Waals surface area contributed by atoms with Gasteiger partial charge < -0.3 is 21.9 Å². The number of hydrogen-bond acceptors (Lipinski definition) is 2. The molecule has 2 aromatic rings. The quantitative estimate of drug-likeness (QED) is 0.405. The second-order valence-corrected chi connectivity index (χ2v) is 5.89. The number of ether oxygens (including phenoxy) is 2. The molecule has 23 heavy (non-hydrogen) atoms. The Morgan fingerprint density at radius 3 is 2.00 bits per heavy atom. The van der Waals surface area contributed by atoms with E-state index in [9.17, 15) is 0 Å². The molecule has 0 saturated carbocycles. The Morgan fingerprint density at radius 1 is 0.870 bits per heavy atom. The Bertz CT molecular complexity index is 546. The van der Waals surface area contributed by atoms with Crippen LogP contribution >= 0.6 is 0 Å².